The van der Waals surface area contributed by atoms with Crippen LogP contribution in [0.1, 0.15) is 19.4 Å². The minimum atomic E-state index is -0.533. The van der Waals surface area contributed by atoms with Crippen molar-refractivity contribution in [1.82, 2.24) is 4.90 Å². The fourth-order valence-electron chi connectivity index (χ4n) is 3.92. The van der Waals surface area contributed by atoms with Crippen molar-refractivity contribution < 1.29 is 23.8 Å². The molecule has 2 rings (SSSR count). The number of benzene rings is 1. The first-order valence-corrected chi connectivity index (χ1v) is 9.10. The monoisotopic (exact) mass is 363 g/mol. The molecule has 4 atom stereocenters. The third-order valence-corrected chi connectivity index (χ3v) is 5.26. The van der Waals surface area contributed by atoms with Gasteiger partial charge in [0.05, 0.1) is 39.3 Å². The van der Waals surface area contributed by atoms with Crippen molar-refractivity contribution in [1.29, 1.82) is 0 Å². The molecule has 0 aromatic heterocycles. The number of rotatable bonds is 9. The second kappa shape index (κ2) is 9.69. The zero-order valence-corrected chi connectivity index (χ0v) is 16.0. The van der Waals surface area contributed by atoms with Crippen LogP contribution in [0.3, 0.4) is 0 Å². The van der Waals surface area contributed by atoms with Crippen molar-refractivity contribution in [2.24, 2.45) is 17.8 Å². The Balaban J connectivity index is 2.14. The smallest absolute Gasteiger partial charge is 0.311 e. The van der Waals surface area contributed by atoms with Crippen LogP contribution in [0.25, 0.3) is 0 Å². The van der Waals surface area contributed by atoms with Gasteiger partial charge in [-0.15, -0.1) is 0 Å². The van der Waals surface area contributed by atoms with Crippen molar-refractivity contribution >= 4 is 11.9 Å². The molecule has 1 fully saturated rings. The van der Waals surface area contributed by atoms with Gasteiger partial charge >= 0.3 is 11.9 Å². The largest absolute Gasteiger partial charge is 0.469 e. The molecule has 0 unspecified atom stereocenters. The Labute approximate surface area is 155 Å². The molecule has 0 saturated heterocycles. The van der Waals surface area contributed by atoms with Crippen molar-refractivity contribution in [2.75, 3.05) is 33.9 Å². The second-order valence-corrected chi connectivity index (χ2v) is 6.47. The number of methoxy groups -OCH3 is 2. The van der Waals surface area contributed by atoms with E-state index in [4.69, 9.17) is 14.2 Å². The standard InChI is InChI=1S/C20H29NO5/c1-5-21(6-2)18-15(13-26-12-14-10-8-7-9-11-14)16(19(22)24-3)17(18)20(23)25-4/h7-11,15-18H,5-6,12-13H2,1-4H3/t15-,16+,17-,18-/m0/s1. The molecule has 6 heteroatoms. The van der Waals surface area contributed by atoms with Gasteiger partial charge in [-0.05, 0) is 18.7 Å². The maximum absolute atomic E-state index is 12.3. The Bertz CT molecular complexity index is 587. The summed E-state index contributed by atoms with van der Waals surface area (Å²) in [4.78, 5) is 26.8. The summed E-state index contributed by atoms with van der Waals surface area (Å²) >= 11 is 0. The highest BCUT2D eigenvalue weighted by Crippen LogP contribution is 2.45. The normalized spacial score (nSPS) is 24.8. The predicted octanol–water partition coefficient (Wildman–Crippen LogP) is 2.12. The van der Waals surface area contributed by atoms with Gasteiger partial charge in [-0.1, -0.05) is 44.2 Å². The number of ether oxygens (including phenoxy) is 3. The van der Waals surface area contributed by atoms with Crippen molar-refractivity contribution in [3.63, 3.8) is 0 Å². The molecule has 1 aromatic rings. The summed E-state index contributed by atoms with van der Waals surface area (Å²) < 4.78 is 15.8. The highest BCUT2D eigenvalue weighted by molar-refractivity contribution is 5.85. The first-order valence-electron chi connectivity index (χ1n) is 9.10. The predicted molar refractivity (Wildman–Crippen MR) is 97.3 cm³/mol. The first-order chi connectivity index (χ1) is 12.6. The van der Waals surface area contributed by atoms with Crippen molar-refractivity contribution in [2.45, 2.75) is 26.5 Å². The number of carbonyl (C=O) groups excluding carboxylic acids is 2. The Morgan fingerprint density at radius 1 is 0.962 bits per heavy atom. The molecule has 144 valence electrons. The number of esters is 2. The maximum atomic E-state index is 12.3. The van der Waals surface area contributed by atoms with Crippen LogP contribution in [0.4, 0.5) is 0 Å². The lowest BCUT2D eigenvalue weighted by molar-refractivity contribution is -0.186. The van der Waals surface area contributed by atoms with Crippen LogP contribution < -0.4 is 0 Å². The van der Waals surface area contributed by atoms with Gasteiger partial charge in [0.1, 0.15) is 0 Å². The van der Waals surface area contributed by atoms with Crippen LogP contribution in [0, 0.1) is 17.8 Å². The van der Waals surface area contributed by atoms with E-state index in [1.165, 1.54) is 14.2 Å². The van der Waals surface area contributed by atoms with Crippen LogP contribution in [0.5, 0.6) is 0 Å². The summed E-state index contributed by atoms with van der Waals surface area (Å²) in [5, 5.41) is 0. The van der Waals surface area contributed by atoms with Crippen LogP contribution in [-0.2, 0) is 30.4 Å². The molecule has 26 heavy (non-hydrogen) atoms. The summed E-state index contributed by atoms with van der Waals surface area (Å²) in [6.07, 6.45) is 0. The zero-order chi connectivity index (χ0) is 19.1. The second-order valence-electron chi connectivity index (χ2n) is 6.47. The Hall–Kier alpha value is -1.92. The lowest BCUT2D eigenvalue weighted by Gasteiger charge is -2.52. The lowest BCUT2D eigenvalue weighted by atomic mass is 9.60. The summed E-state index contributed by atoms with van der Waals surface area (Å²) in [5.74, 6) is -1.89. The number of hydrogen-bond donors (Lipinski definition) is 0. The topological polar surface area (TPSA) is 65.1 Å². The fraction of sp³-hybridized carbons (Fsp3) is 0.600. The van der Waals surface area contributed by atoms with Gasteiger partial charge in [0.25, 0.3) is 0 Å². The summed E-state index contributed by atoms with van der Waals surface area (Å²) in [6, 6.07) is 9.80. The highest BCUT2D eigenvalue weighted by Gasteiger charge is 2.60. The molecule has 0 heterocycles. The van der Waals surface area contributed by atoms with Crippen LogP contribution >= 0.6 is 0 Å². The van der Waals surface area contributed by atoms with E-state index >= 15 is 0 Å². The molecule has 1 saturated carbocycles. The minimum absolute atomic E-state index is 0.0858. The number of nitrogens with zero attached hydrogens (tertiary/aromatic N) is 1. The molecular formula is C20H29NO5. The third kappa shape index (κ3) is 4.24. The van der Waals surface area contributed by atoms with E-state index < -0.39 is 11.8 Å². The fourth-order valence-corrected chi connectivity index (χ4v) is 3.92. The van der Waals surface area contributed by atoms with Gasteiger partial charge in [-0.3, -0.25) is 14.5 Å². The van der Waals surface area contributed by atoms with Gasteiger partial charge < -0.3 is 14.2 Å². The Kier molecular flexibility index (Phi) is 7.60. The van der Waals surface area contributed by atoms with E-state index in [0.717, 1.165) is 18.7 Å². The zero-order valence-electron chi connectivity index (χ0n) is 16.0. The Morgan fingerprint density at radius 2 is 1.54 bits per heavy atom. The SMILES string of the molecule is CCN(CC)[C@H]1[C@@H](COCc2ccccc2)[C@@H](C(=O)OC)[C@@H]1C(=O)OC. The van der Waals surface area contributed by atoms with Gasteiger partial charge in [-0.2, -0.15) is 0 Å². The molecule has 0 aliphatic heterocycles. The van der Waals surface area contributed by atoms with Crippen LogP contribution in [0.2, 0.25) is 0 Å². The van der Waals surface area contributed by atoms with E-state index in [0.29, 0.717) is 13.2 Å². The molecular weight excluding hydrogens is 334 g/mol. The quantitative estimate of drug-likeness (QED) is 0.626. The van der Waals surface area contributed by atoms with E-state index in [1.54, 1.807) is 0 Å². The van der Waals surface area contributed by atoms with E-state index in [2.05, 4.69) is 4.90 Å². The number of hydrogen-bond acceptors (Lipinski definition) is 6. The van der Waals surface area contributed by atoms with Crippen molar-refractivity contribution in [3.8, 4) is 0 Å². The minimum Gasteiger partial charge on any atom is -0.469 e. The molecule has 0 radical (unpaired) electrons. The molecule has 1 aliphatic carbocycles. The third-order valence-electron chi connectivity index (χ3n) is 5.26. The molecule has 0 N–H and O–H groups in total. The van der Waals surface area contributed by atoms with Gasteiger partial charge in [0, 0.05) is 12.0 Å². The lowest BCUT2D eigenvalue weighted by Crippen LogP contribution is -2.66. The summed E-state index contributed by atoms with van der Waals surface area (Å²) in [6.45, 7) is 6.54. The highest BCUT2D eigenvalue weighted by atomic mass is 16.5. The molecule has 0 amide bonds. The molecule has 0 spiro atoms. The van der Waals surface area contributed by atoms with E-state index in [9.17, 15) is 9.59 Å². The van der Waals surface area contributed by atoms with Crippen LogP contribution in [-0.4, -0.2) is 56.8 Å². The maximum Gasteiger partial charge on any atom is 0.311 e. The van der Waals surface area contributed by atoms with Gasteiger partial charge in [0.15, 0.2) is 0 Å². The summed E-state index contributed by atoms with van der Waals surface area (Å²) in [7, 11) is 2.71. The molecule has 1 aromatic carbocycles. The van der Waals surface area contributed by atoms with Gasteiger partial charge in [0.2, 0.25) is 0 Å². The van der Waals surface area contributed by atoms with E-state index in [1.807, 2.05) is 44.2 Å². The van der Waals surface area contributed by atoms with Crippen LogP contribution in [0.15, 0.2) is 30.3 Å². The number of carbonyl (C=O) groups is 2. The van der Waals surface area contributed by atoms with E-state index in [-0.39, 0.29) is 23.9 Å². The van der Waals surface area contributed by atoms with Gasteiger partial charge in [-0.25, -0.2) is 0 Å². The molecule has 1 aliphatic rings. The molecule has 6 nitrogen and oxygen atoms in total. The molecule has 0 bridgehead atoms. The average Bonchev–Trinajstić information content (AvgIpc) is 2.67. The first kappa shape index (κ1) is 20.4. The average molecular weight is 363 g/mol. The Morgan fingerprint density at radius 3 is 2.08 bits per heavy atom. The van der Waals surface area contributed by atoms with Crippen molar-refractivity contribution in [3.05, 3.63) is 35.9 Å². The summed E-state index contributed by atoms with van der Waals surface area (Å²) in [5.41, 5.74) is 1.07.